The second-order valence-corrected chi connectivity index (χ2v) is 7.12. The van der Waals surface area contributed by atoms with Crippen molar-refractivity contribution in [2.75, 3.05) is 13.1 Å². The summed E-state index contributed by atoms with van der Waals surface area (Å²) in [6, 6.07) is 11.6. The van der Waals surface area contributed by atoms with E-state index in [1.807, 2.05) is 13.8 Å². The number of fused-ring (bicyclic) bond motifs is 1. The van der Waals surface area contributed by atoms with E-state index in [2.05, 4.69) is 4.98 Å². The fourth-order valence-corrected chi connectivity index (χ4v) is 3.53. The molecule has 158 valence electrons. The van der Waals surface area contributed by atoms with E-state index in [1.165, 1.54) is 17.0 Å². The van der Waals surface area contributed by atoms with Crippen LogP contribution in [0.1, 0.15) is 42.6 Å². The molecule has 0 radical (unpaired) electrons. The SMILES string of the molecule is CCCN(CCC)C(=O)C(=O)c1c(-c2ccc(C(F)(F)F)cc2)[nH]c2ccccc12. The van der Waals surface area contributed by atoms with Crippen LogP contribution in [0.4, 0.5) is 13.2 Å². The van der Waals surface area contributed by atoms with Crippen LogP contribution in [0, 0.1) is 0 Å². The fraction of sp³-hybridized carbons (Fsp3) is 0.304. The quantitative estimate of drug-likeness (QED) is 0.398. The molecule has 0 saturated heterocycles. The van der Waals surface area contributed by atoms with E-state index < -0.39 is 23.4 Å². The van der Waals surface area contributed by atoms with Gasteiger partial charge in [0.1, 0.15) is 0 Å². The minimum absolute atomic E-state index is 0.188. The molecular formula is C23H23F3N2O2. The van der Waals surface area contributed by atoms with Crippen molar-refractivity contribution < 1.29 is 22.8 Å². The summed E-state index contributed by atoms with van der Waals surface area (Å²) < 4.78 is 38.8. The number of benzene rings is 2. The van der Waals surface area contributed by atoms with Gasteiger partial charge in [0.05, 0.1) is 16.8 Å². The van der Waals surface area contributed by atoms with E-state index in [0.29, 0.717) is 35.2 Å². The first-order chi connectivity index (χ1) is 14.3. The molecule has 7 heteroatoms. The molecule has 3 aromatic rings. The van der Waals surface area contributed by atoms with Gasteiger partial charge in [0.15, 0.2) is 0 Å². The van der Waals surface area contributed by atoms with Crippen LogP contribution < -0.4 is 0 Å². The van der Waals surface area contributed by atoms with Crippen molar-refractivity contribution >= 4 is 22.6 Å². The average Bonchev–Trinajstić information content (AvgIpc) is 3.11. The Balaban J connectivity index is 2.10. The average molecular weight is 416 g/mol. The van der Waals surface area contributed by atoms with Gasteiger partial charge in [0, 0.05) is 24.0 Å². The lowest BCUT2D eigenvalue weighted by Crippen LogP contribution is -2.37. The van der Waals surface area contributed by atoms with E-state index in [1.54, 1.807) is 24.3 Å². The number of halogens is 3. The number of H-pyrrole nitrogens is 1. The van der Waals surface area contributed by atoms with Crippen LogP contribution in [0.3, 0.4) is 0 Å². The first-order valence-corrected chi connectivity index (χ1v) is 9.89. The van der Waals surface area contributed by atoms with E-state index in [9.17, 15) is 22.8 Å². The molecule has 30 heavy (non-hydrogen) atoms. The third-order valence-electron chi connectivity index (χ3n) is 4.90. The van der Waals surface area contributed by atoms with E-state index in [4.69, 9.17) is 0 Å². The van der Waals surface area contributed by atoms with Gasteiger partial charge in [-0.15, -0.1) is 0 Å². The number of carbonyl (C=O) groups excluding carboxylic acids is 2. The summed E-state index contributed by atoms with van der Waals surface area (Å²) in [5, 5.41) is 0.568. The fourth-order valence-electron chi connectivity index (χ4n) is 3.53. The van der Waals surface area contributed by atoms with E-state index >= 15 is 0 Å². The molecule has 0 aliphatic carbocycles. The van der Waals surface area contributed by atoms with Crippen molar-refractivity contribution in [3.8, 4) is 11.3 Å². The lowest BCUT2D eigenvalue weighted by atomic mass is 10.00. The molecule has 0 saturated carbocycles. The Bertz CT molecular complexity index is 1050. The zero-order valence-corrected chi connectivity index (χ0v) is 16.8. The summed E-state index contributed by atoms with van der Waals surface area (Å²) in [6.45, 7) is 4.80. The van der Waals surface area contributed by atoms with Crippen molar-refractivity contribution in [3.63, 3.8) is 0 Å². The number of ketones is 1. The minimum Gasteiger partial charge on any atom is -0.354 e. The minimum atomic E-state index is -4.45. The number of nitrogens with zero attached hydrogens (tertiary/aromatic N) is 1. The molecule has 0 bridgehead atoms. The molecule has 1 amide bonds. The highest BCUT2D eigenvalue weighted by atomic mass is 19.4. The van der Waals surface area contributed by atoms with Crippen molar-refractivity contribution in [2.45, 2.75) is 32.9 Å². The summed E-state index contributed by atoms with van der Waals surface area (Å²) >= 11 is 0. The highest BCUT2D eigenvalue weighted by Crippen LogP contribution is 2.34. The van der Waals surface area contributed by atoms with Crippen LogP contribution in [-0.4, -0.2) is 34.7 Å². The van der Waals surface area contributed by atoms with E-state index in [0.717, 1.165) is 25.0 Å². The van der Waals surface area contributed by atoms with Crippen molar-refractivity contribution in [3.05, 3.63) is 59.7 Å². The van der Waals surface area contributed by atoms with Gasteiger partial charge in [0.25, 0.3) is 11.7 Å². The van der Waals surface area contributed by atoms with Crippen LogP contribution >= 0.6 is 0 Å². The highest BCUT2D eigenvalue weighted by molar-refractivity contribution is 6.46. The summed E-state index contributed by atoms with van der Waals surface area (Å²) in [5.74, 6) is -1.26. The van der Waals surface area contributed by atoms with Crippen LogP contribution in [0.5, 0.6) is 0 Å². The van der Waals surface area contributed by atoms with Crippen molar-refractivity contribution in [1.29, 1.82) is 0 Å². The van der Waals surface area contributed by atoms with Crippen LogP contribution in [-0.2, 0) is 11.0 Å². The molecule has 0 fully saturated rings. The maximum atomic E-state index is 13.2. The predicted octanol–water partition coefficient (Wildman–Crippen LogP) is 5.69. The molecule has 0 aliphatic heterocycles. The normalized spacial score (nSPS) is 11.6. The van der Waals surface area contributed by atoms with Gasteiger partial charge >= 0.3 is 6.18 Å². The number of nitrogens with one attached hydrogen (secondary N) is 1. The van der Waals surface area contributed by atoms with E-state index in [-0.39, 0.29) is 5.56 Å². The smallest absolute Gasteiger partial charge is 0.354 e. The number of para-hydroxylation sites is 1. The van der Waals surface area contributed by atoms with Gasteiger partial charge in [-0.05, 0) is 36.6 Å². The molecule has 1 aromatic heterocycles. The Labute approximate surface area is 172 Å². The third-order valence-corrected chi connectivity index (χ3v) is 4.90. The maximum Gasteiger partial charge on any atom is 0.416 e. The summed E-state index contributed by atoms with van der Waals surface area (Å²) in [4.78, 5) is 30.8. The standard InChI is InChI=1S/C23H23F3N2O2/c1-3-13-28(14-4-2)22(30)21(29)19-17-7-5-6-8-18(17)27-20(19)15-9-11-16(12-10-15)23(24,25)26/h5-12,27H,3-4,13-14H2,1-2H3. The van der Waals surface area contributed by atoms with Crippen LogP contribution in [0.15, 0.2) is 48.5 Å². The number of Topliss-reactive ketones (excluding diaryl/α,β-unsaturated/α-hetero) is 1. The second-order valence-electron chi connectivity index (χ2n) is 7.12. The Kier molecular flexibility index (Phi) is 6.29. The lowest BCUT2D eigenvalue weighted by molar-refractivity contribution is -0.137. The molecule has 0 unspecified atom stereocenters. The predicted molar refractivity (Wildman–Crippen MR) is 110 cm³/mol. The first kappa shape index (κ1) is 21.6. The van der Waals surface area contributed by atoms with Gasteiger partial charge in [-0.25, -0.2) is 0 Å². The third kappa shape index (κ3) is 4.25. The molecule has 0 aliphatic rings. The molecule has 4 nitrogen and oxygen atoms in total. The zero-order chi connectivity index (χ0) is 21.9. The number of aromatic nitrogens is 1. The number of amides is 1. The number of aromatic amines is 1. The molecular weight excluding hydrogens is 393 g/mol. The maximum absolute atomic E-state index is 13.2. The van der Waals surface area contributed by atoms with Gasteiger partial charge < -0.3 is 9.88 Å². The summed E-state index contributed by atoms with van der Waals surface area (Å²) in [6.07, 6.45) is -3.01. The molecule has 3 rings (SSSR count). The molecule has 1 N–H and O–H groups in total. The Morgan fingerprint density at radius 2 is 1.53 bits per heavy atom. The molecule has 0 spiro atoms. The Hall–Kier alpha value is -3.09. The number of alkyl halides is 3. The largest absolute Gasteiger partial charge is 0.416 e. The van der Waals surface area contributed by atoms with Crippen molar-refractivity contribution in [2.24, 2.45) is 0 Å². The number of hydrogen-bond donors (Lipinski definition) is 1. The molecule has 2 aromatic carbocycles. The van der Waals surface area contributed by atoms with Crippen LogP contribution in [0.25, 0.3) is 22.2 Å². The topological polar surface area (TPSA) is 53.2 Å². The van der Waals surface area contributed by atoms with Crippen LogP contribution in [0.2, 0.25) is 0 Å². The van der Waals surface area contributed by atoms with Gasteiger partial charge in [-0.3, -0.25) is 9.59 Å². The Morgan fingerprint density at radius 1 is 0.933 bits per heavy atom. The first-order valence-electron chi connectivity index (χ1n) is 9.89. The van der Waals surface area contributed by atoms with Gasteiger partial charge in [0.2, 0.25) is 0 Å². The Morgan fingerprint density at radius 3 is 2.10 bits per heavy atom. The zero-order valence-electron chi connectivity index (χ0n) is 16.8. The van der Waals surface area contributed by atoms with Crippen molar-refractivity contribution in [1.82, 2.24) is 9.88 Å². The molecule has 1 heterocycles. The summed E-state index contributed by atoms with van der Waals surface area (Å²) in [5.41, 5.74) is 0.807. The number of hydrogen-bond acceptors (Lipinski definition) is 2. The molecule has 0 atom stereocenters. The monoisotopic (exact) mass is 416 g/mol. The summed E-state index contributed by atoms with van der Waals surface area (Å²) in [7, 11) is 0. The number of carbonyl (C=O) groups is 2. The lowest BCUT2D eigenvalue weighted by Gasteiger charge is -2.20. The number of rotatable bonds is 7. The van der Waals surface area contributed by atoms with Gasteiger partial charge in [-0.1, -0.05) is 44.2 Å². The second kappa shape index (κ2) is 8.73. The highest BCUT2D eigenvalue weighted by Gasteiger charge is 2.31. The van der Waals surface area contributed by atoms with Gasteiger partial charge in [-0.2, -0.15) is 13.2 Å².